The number of sulfonamides is 1. The Balaban J connectivity index is 1.65. The Morgan fingerprint density at radius 1 is 1.29 bits per heavy atom. The van der Waals surface area contributed by atoms with Crippen molar-refractivity contribution in [2.45, 2.75) is 36.9 Å². The summed E-state index contributed by atoms with van der Waals surface area (Å²) in [7, 11) is -0.636. The zero-order valence-electron chi connectivity index (χ0n) is 17.8. The van der Waals surface area contributed by atoms with Crippen LogP contribution in [0.2, 0.25) is 0 Å². The first kappa shape index (κ1) is 23.5. The fraction of sp³-hybridized carbons (Fsp3) is 0.350. The topological polar surface area (TPSA) is 97.2 Å². The summed E-state index contributed by atoms with van der Waals surface area (Å²) in [6.07, 6.45) is 2.54. The second-order valence-corrected chi connectivity index (χ2v) is 11.3. The van der Waals surface area contributed by atoms with Crippen molar-refractivity contribution in [3.63, 3.8) is 0 Å². The van der Waals surface area contributed by atoms with Gasteiger partial charge < -0.3 is 9.88 Å². The van der Waals surface area contributed by atoms with E-state index in [1.165, 1.54) is 36.8 Å². The minimum atomic E-state index is -3.60. The van der Waals surface area contributed by atoms with Crippen molar-refractivity contribution in [3.05, 3.63) is 52.0 Å². The Morgan fingerprint density at radius 2 is 2.06 bits per heavy atom. The van der Waals surface area contributed by atoms with E-state index in [2.05, 4.69) is 21.6 Å². The number of nitrogens with zero attached hydrogens (tertiary/aromatic N) is 4. The molecule has 0 saturated heterocycles. The molecule has 0 unspecified atom stereocenters. The molecule has 2 heterocycles. The summed E-state index contributed by atoms with van der Waals surface area (Å²) in [6, 6.07) is 7.23. The van der Waals surface area contributed by atoms with E-state index in [1.54, 1.807) is 23.7 Å². The molecule has 1 amide bonds. The molecule has 0 spiro atoms. The molecule has 3 rings (SSSR count). The van der Waals surface area contributed by atoms with Crippen molar-refractivity contribution in [3.8, 4) is 0 Å². The molecule has 0 fully saturated rings. The van der Waals surface area contributed by atoms with Crippen LogP contribution in [0.15, 0.2) is 46.0 Å². The Hall–Kier alpha value is -2.21. The highest BCUT2D eigenvalue weighted by Gasteiger charge is 2.20. The number of amides is 1. The number of rotatable bonds is 9. The number of hydrogen-bond acceptors (Lipinski definition) is 7. The maximum absolute atomic E-state index is 12.6. The second-order valence-electron chi connectivity index (χ2n) is 7.17. The normalized spacial score (nSPS) is 11.8. The summed E-state index contributed by atoms with van der Waals surface area (Å²) < 4.78 is 28.1. The smallest absolute Gasteiger partial charge is 0.242 e. The van der Waals surface area contributed by atoms with Gasteiger partial charge in [0.05, 0.1) is 10.6 Å². The third-order valence-corrected chi connectivity index (χ3v) is 8.50. The molecule has 1 N–H and O–H groups in total. The predicted molar refractivity (Wildman–Crippen MR) is 124 cm³/mol. The first-order valence-electron chi connectivity index (χ1n) is 9.55. The standard InChI is InChI=1S/C20H25N5O3S3/c1-14-10-17(31(27,28)24(3)4)11-18(15(14)2)22-19(26)12-30-20-23-21-13-25(20)8-7-16-6-5-9-29-16/h5-6,9-11,13H,7-8,12H2,1-4H3,(H,22,26). The Bertz CT molecular complexity index is 1150. The van der Waals surface area contributed by atoms with Crippen LogP contribution in [0.3, 0.4) is 0 Å². The number of benzene rings is 1. The molecule has 166 valence electrons. The molecule has 0 aliphatic heterocycles. The quantitative estimate of drug-likeness (QED) is 0.474. The van der Waals surface area contributed by atoms with Crippen LogP contribution in [0, 0.1) is 13.8 Å². The lowest BCUT2D eigenvalue weighted by Crippen LogP contribution is -2.23. The molecular formula is C20H25N5O3S3. The van der Waals surface area contributed by atoms with Gasteiger partial charge in [-0.3, -0.25) is 4.79 Å². The number of anilines is 1. The Kier molecular flexibility index (Phi) is 7.52. The van der Waals surface area contributed by atoms with E-state index in [-0.39, 0.29) is 16.6 Å². The molecule has 3 aromatic rings. The number of carbonyl (C=O) groups excluding carboxylic acids is 1. The molecule has 2 aromatic heterocycles. The van der Waals surface area contributed by atoms with Crippen molar-refractivity contribution in [2.75, 3.05) is 25.2 Å². The highest BCUT2D eigenvalue weighted by Crippen LogP contribution is 2.26. The van der Waals surface area contributed by atoms with Crippen molar-refractivity contribution >= 4 is 44.7 Å². The molecule has 0 bridgehead atoms. The van der Waals surface area contributed by atoms with Crippen LogP contribution in [-0.4, -0.2) is 53.2 Å². The minimum absolute atomic E-state index is 0.140. The maximum atomic E-state index is 12.6. The van der Waals surface area contributed by atoms with Gasteiger partial charge in [0.25, 0.3) is 0 Å². The van der Waals surface area contributed by atoms with Gasteiger partial charge in [0.1, 0.15) is 6.33 Å². The number of aryl methyl sites for hydroxylation is 3. The van der Waals surface area contributed by atoms with Gasteiger partial charge in [-0.25, -0.2) is 12.7 Å². The average Bonchev–Trinajstić information content (AvgIpc) is 3.39. The molecule has 1 aromatic carbocycles. The van der Waals surface area contributed by atoms with Crippen LogP contribution in [0.25, 0.3) is 0 Å². The lowest BCUT2D eigenvalue weighted by atomic mass is 10.1. The van der Waals surface area contributed by atoms with Crippen LogP contribution in [0.1, 0.15) is 16.0 Å². The summed E-state index contributed by atoms with van der Waals surface area (Å²) in [5, 5.41) is 13.6. The van der Waals surface area contributed by atoms with E-state index in [0.717, 1.165) is 28.4 Å². The van der Waals surface area contributed by atoms with Gasteiger partial charge in [-0.05, 0) is 55.0 Å². The SMILES string of the molecule is Cc1cc(S(=O)(=O)N(C)C)cc(NC(=O)CSc2nncn2CCc2cccs2)c1C. The van der Waals surface area contributed by atoms with Gasteiger partial charge in [-0.1, -0.05) is 17.8 Å². The van der Waals surface area contributed by atoms with Gasteiger partial charge in [0.2, 0.25) is 15.9 Å². The third-order valence-electron chi connectivity index (χ3n) is 4.79. The number of thiophene rings is 1. The minimum Gasteiger partial charge on any atom is -0.325 e. The van der Waals surface area contributed by atoms with Gasteiger partial charge in [0.15, 0.2) is 5.16 Å². The van der Waals surface area contributed by atoms with Crippen molar-refractivity contribution in [1.29, 1.82) is 0 Å². The Labute approximate surface area is 190 Å². The van der Waals surface area contributed by atoms with E-state index in [4.69, 9.17) is 0 Å². The molecule has 8 nitrogen and oxygen atoms in total. The molecule has 0 aliphatic rings. The van der Waals surface area contributed by atoms with Crippen LogP contribution in [0.5, 0.6) is 0 Å². The summed E-state index contributed by atoms with van der Waals surface area (Å²) >= 11 is 3.00. The van der Waals surface area contributed by atoms with E-state index >= 15 is 0 Å². The van der Waals surface area contributed by atoms with Gasteiger partial charge in [0, 0.05) is 31.2 Å². The third kappa shape index (κ3) is 5.73. The zero-order valence-corrected chi connectivity index (χ0v) is 20.3. The summed E-state index contributed by atoms with van der Waals surface area (Å²) in [4.78, 5) is 14.0. The number of hydrogen-bond donors (Lipinski definition) is 1. The molecule has 31 heavy (non-hydrogen) atoms. The van der Waals surface area contributed by atoms with Crippen LogP contribution in [-0.2, 0) is 27.8 Å². The lowest BCUT2D eigenvalue weighted by molar-refractivity contribution is -0.113. The Morgan fingerprint density at radius 3 is 2.74 bits per heavy atom. The zero-order chi connectivity index (χ0) is 22.6. The summed E-state index contributed by atoms with van der Waals surface area (Å²) in [5.41, 5.74) is 2.11. The highest BCUT2D eigenvalue weighted by atomic mass is 32.2. The molecule has 0 radical (unpaired) electrons. The number of aromatic nitrogens is 3. The maximum Gasteiger partial charge on any atom is 0.242 e. The molecule has 0 saturated carbocycles. The van der Waals surface area contributed by atoms with E-state index in [9.17, 15) is 13.2 Å². The van der Waals surface area contributed by atoms with Crippen LogP contribution >= 0.6 is 23.1 Å². The number of nitrogens with one attached hydrogen (secondary N) is 1. The van der Waals surface area contributed by atoms with Crippen molar-refractivity contribution < 1.29 is 13.2 Å². The fourth-order valence-electron chi connectivity index (χ4n) is 2.83. The molecule has 11 heteroatoms. The van der Waals surface area contributed by atoms with E-state index in [0.29, 0.717) is 10.8 Å². The number of thioether (sulfide) groups is 1. The average molecular weight is 480 g/mol. The monoisotopic (exact) mass is 479 g/mol. The van der Waals surface area contributed by atoms with Crippen LogP contribution in [0.4, 0.5) is 5.69 Å². The molecule has 0 atom stereocenters. The summed E-state index contributed by atoms with van der Waals surface area (Å²) in [6.45, 7) is 4.41. The van der Waals surface area contributed by atoms with Crippen LogP contribution < -0.4 is 5.32 Å². The lowest BCUT2D eigenvalue weighted by Gasteiger charge is -2.16. The molecule has 0 aliphatic carbocycles. The largest absolute Gasteiger partial charge is 0.325 e. The van der Waals surface area contributed by atoms with E-state index in [1.807, 2.05) is 29.9 Å². The molecular weight excluding hydrogens is 454 g/mol. The highest BCUT2D eigenvalue weighted by molar-refractivity contribution is 7.99. The first-order chi connectivity index (χ1) is 14.7. The van der Waals surface area contributed by atoms with Crippen molar-refractivity contribution in [1.82, 2.24) is 19.1 Å². The van der Waals surface area contributed by atoms with Gasteiger partial charge in [-0.15, -0.1) is 21.5 Å². The van der Waals surface area contributed by atoms with Crippen molar-refractivity contribution in [2.24, 2.45) is 0 Å². The first-order valence-corrected chi connectivity index (χ1v) is 12.9. The van der Waals surface area contributed by atoms with Gasteiger partial charge >= 0.3 is 0 Å². The van der Waals surface area contributed by atoms with E-state index < -0.39 is 10.0 Å². The summed E-state index contributed by atoms with van der Waals surface area (Å²) in [5.74, 6) is -0.0967. The fourth-order valence-corrected chi connectivity index (χ4v) is 5.28. The predicted octanol–water partition coefficient (Wildman–Crippen LogP) is 3.18. The second kappa shape index (κ2) is 9.94. The number of carbonyl (C=O) groups is 1. The van der Waals surface area contributed by atoms with Gasteiger partial charge in [-0.2, -0.15) is 0 Å².